The van der Waals surface area contributed by atoms with Crippen LogP contribution in [-0.4, -0.2) is 41.7 Å². The Morgan fingerprint density at radius 2 is 2.11 bits per heavy atom. The number of carbonyl (C=O) groups is 1. The zero-order chi connectivity index (χ0) is 14.0. The summed E-state index contributed by atoms with van der Waals surface area (Å²) in [5.74, 6) is -0.0700. The van der Waals surface area contributed by atoms with E-state index in [1.54, 1.807) is 0 Å². The van der Waals surface area contributed by atoms with Crippen LogP contribution in [0.3, 0.4) is 0 Å². The van der Waals surface area contributed by atoms with Gasteiger partial charge >= 0.3 is 0 Å². The first-order valence-corrected chi connectivity index (χ1v) is 7.70. The molecule has 1 aliphatic heterocycles. The number of aliphatic hydroxyl groups is 1. The van der Waals surface area contributed by atoms with E-state index in [2.05, 4.69) is 37.2 Å². The predicted octanol–water partition coefficient (Wildman–Crippen LogP) is 2.53. The molecule has 6 heteroatoms. The quantitative estimate of drug-likeness (QED) is 0.832. The van der Waals surface area contributed by atoms with Gasteiger partial charge in [0.2, 0.25) is 5.91 Å². The van der Waals surface area contributed by atoms with Crippen LogP contribution in [0.2, 0.25) is 0 Å². The number of hydrogen-bond acceptors (Lipinski definition) is 3. The fraction of sp³-hybridized carbons (Fsp3) is 0.462. The average molecular weight is 392 g/mol. The highest BCUT2D eigenvalue weighted by molar-refractivity contribution is 9.11. The van der Waals surface area contributed by atoms with Crippen molar-refractivity contribution in [2.45, 2.75) is 19.4 Å². The van der Waals surface area contributed by atoms with E-state index in [0.29, 0.717) is 13.1 Å². The second kappa shape index (κ2) is 6.35. The summed E-state index contributed by atoms with van der Waals surface area (Å²) in [4.78, 5) is 13.9. The number of nitrogens with one attached hydrogen (secondary N) is 1. The SMILES string of the molecule is Cc1cc(Br)c(NC(=O)CN2CCC(O)C2)c(Br)c1. The molecule has 0 aliphatic carbocycles. The first-order chi connectivity index (χ1) is 8.95. The van der Waals surface area contributed by atoms with E-state index < -0.39 is 0 Å². The third kappa shape index (κ3) is 4.02. The summed E-state index contributed by atoms with van der Waals surface area (Å²) >= 11 is 6.90. The molecule has 4 nitrogen and oxygen atoms in total. The summed E-state index contributed by atoms with van der Waals surface area (Å²) in [6, 6.07) is 3.92. The van der Waals surface area contributed by atoms with E-state index in [0.717, 1.165) is 33.2 Å². The molecule has 0 radical (unpaired) electrons. The van der Waals surface area contributed by atoms with Crippen LogP contribution in [0.1, 0.15) is 12.0 Å². The summed E-state index contributed by atoms with van der Waals surface area (Å²) < 4.78 is 1.71. The number of carbonyl (C=O) groups excluding carboxylic acids is 1. The molecule has 1 fully saturated rings. The number of benzene rings is 1. The number of anilines is 1. The summed E-state index contributed by atoms with van der Waals surface area (Å²) in [5.41, 5.74) is 1.86. The van der Waals surface area contributed by atoms with Gasteiger partial charge < -0.3 is 10.4 Å². The minimum atomic E-state index is -0.300. The Hall–Kier alpha value is -0.430. The third-order valence-electron chi connectivity index (χ3n) is 3.07. The van der Waals surface area contributed by atoms with Crippen molar-refractivity contribution in [2.24, 2.45) is 0 Å². The van der Waals surface area contributed by atoms with Crippen molar-refractivity contribution >= 4 is 43.5 Å². The van der Waals surface area contributed by atoms with Gasteiger partial charge in [-0.3, -0.25) is 9.69 Å². The van der Waals surface area contributed by atoms with Crippen molar-refractivity contribution < 1.29 is 9.90 Å². The lowest BCUT2D eigenvalue weighted by Gasteiger charge is -2.16. The van der Waals surface area contributed by atoms with E-state index in [1.165, 1.54) is 0 Å². The van der Waals surface area contributed by atoms with E-state index in [-0.39, 0.29) is 12.0 Å². The Morgan fingerprint density at radius 1 is 1.47 bits per heavy atom. The van der Waals surface area contributed by atoms with Gasteiger partial charge in [0.25, 0.3) is 0 Å². The highest BCUT2D eigenvalue weighted by Gasteiger charge is 2.22. The number of nitrogens with zero attached hydrogens (tertiary/aromatic N) is 1. The number of amides is 1. The van der Waals surface area contributed by atoms with Gasteiger partial charge in [0.05, 0.1) is 18.3 Å². The van der Waals surface area contributed by atoms with Crippen LogP contribution < -0.4 is 5.32 Å². The van der Waals surface area contributed by atoms with E-state index in [9.17, 15) is 9.90 Å². The molecule has 1 aromatic carbocycles. The van der Waals surface area contributed by atoms with Gasteiger partial charge in [0, 0.05) is 22.0 Å². The molecule has 0 saturated carbocycles. The third-order valence-corrected chi connectivity index (χ3v) is 4.32. The fourth-order valence-electron chi connectivity index (χ4n) is 2.16. The number of aliphatic hydroxyl groups excluding tert-OH is 1. The van der Waals surface area contributed by atoms with Crippen LogP contribution in [0.15, 0.2) is 21.1 Å². The number of rotatable bonds is 3. The van der Waals surface area contributed by atoms with Crippen molar-refractivity contribution in [1.29, 1.82) is 0 Å². The van der Waals surface area contributed by atoms with Gasteiger partial charge in [-0.1, -0.05) is 0 Å². The molecule has 2 rings (SSSR count). The molecule has 0 spiro atoms. The second-order valence-corrected chi connectivity index (χ2v) is 6.54. The fourth-order valence-corrected chi connectivity index (χ4v) is 3.77. The Kier molecular flexibility index (Phi) is 5.00. The number of halogens is 2. The highest BCUT2D eigenvalue weighted by Crippen LogP contribution is 2.32. The second-order valence-electron chi connectivity index (χ2n) is 4.83. The highest BCUT2D eigenvalue weighted by atomic mass is 79.9. The molecule has 1 aromatic rings. The van der Waals surface area contributed by atoms with Gasteiger partial charge in [-0.15, -0.1) is 0 Å². The zero-order valence-electron chi connectivity index (χ0n) is 10.6. The molecule has 1 heterocycles. The minimum Gasteiger partial charge on any atom is -0.392 e. The Labute approximate surface area is 129 Å². The molecule has 1 atom stereocenters. The largest absolute Gasteiger partial charge is 0.392 e. The molecular weight excluding hydrogens is 376 g/mol. The number of likely N-dealkylation sites (tertiary alicyclic amines) is 1. The Morgan fingerprint density at radius 3 is 2.63 bits per heavy atom. The van der Waals surface area contributed by atoms with Crippen molar-refractivity contribution in [1.82, 2.24) is 4.90 Å². The van der Waals surface area contributed by atoms with Crippen LogP contribution in [0.5, 0.6) is 0 Å². The van der Waals surface area contributed by atoms with E-state index in [1.807, 2.05) is 24.0 Å². The molecule has 0 aromatic heterocycles. The van der Waals surface area contributed by atoms with Crippen LogP contribution in [0.4, 0.5) is 5.69 Å². The normalized spacial score (nSPS) is 19.7. The van der Waals surface area contributed by atoms with Gasteiger partial charge in [-0.25, -0.2) is 0 Å². The molecule has 0 bridgehead atoms. The maximum atomic E-state index is 12.0. The molecular formula is C13H16Br2N2O2. The van der Waals surface area contributed by atoms with Gasteiger partial charge in [0.15, 0.2) is 0 Å². The predicted molar refractivity (Wildman–Crippen MR) is 82.3 cm³/mol. The van der Waals surface area contributed by atoms with E-state index in [4.69, 9.17) is 0 Å². The molecule has 2 N–H and O–H groups in total. The van der Waals surface area contributed by atoms with Crippen molar-refractivity contribution in [3.63, 3.8) is 0 Å². The summed E-state index contributed by atoms with van der Waals surface area (Å²) in [7, 11) is 0. The smallest absolute Gasteiger partial charge is 0.238 e. The monoisotopic (exact) mass is 390 g/mol. The molecule has 1 saturated heterocycles. The van der Waals surface area contributed by atoms with Crippen molar-refractivity contribution in [3.8, 4) is 0 Å². The molecule has 1 amide bonds. The first-order valence-electron chi connectivity index (χ1n) is 6.11. The topological polar surface area (TPSA) is 52.6 Å². The Bertz CT molecular complexity index is 471. The van der Waals surface area contributed by atoms with Crippen LogP contribution in [0, 0.1) is 6.92 Å². The zero-order valence-corrected chi connectivity index (χ0v) is 13.8. The number of β-amino-alcohol motifs (C(OH)–C–C–N with tert-alkyl or cyclic N) is 1. The number of hydrogen-bond donors (Lipinski definition) is 2. The van der Waals surface area contributed by atoms with Crippen LogP contribution in [0.25, 0.3) is 0 Å². The number of aryl methyl sites for hydroxylation is 1. The van der Waals surface area contributed by atoms with Crippen molar-refractivity contribution in [2.75, 3.05) is 25.0 Å². The summed E-state index contributed by atoms with van der Waals surface area (Å²) in [5, 5.41) is 12.3. The Balaban J connectivity index is 1.99. The lowest BCUT2D eigenvalue weighted by atomic mass is 10.2. The van der Waals surface area contributed by atoms with Crippen molar-refractivity contribution in [3.05, 3.63) is 26.6 Å². The van der Waals surface area contributed by atoms with Gasteiger partial charge in [-0.2, -0.15) is 0 Å². The molecule has 19 heavy (non-hydrogen) atoms. The molecule has 1 unspecified atom stereocenters. The van der Waals surface area contributed by atoms with Gasteiger partial charge in [0.1, 0.15) is 0 Å². The van der Waals surface area contributed by atoms with E-state index >= 15 is 0 Å². The molecule has 1 aliphatic rings. The maximum absolute atomic E-state index is 12.0. The molecule has 104 valence electrons. The average Bonchev–Trinajstić information content (AvgIpc) is 2.69. The summed E-state index contributed by atoms with van der Waals surface area (Å²) in [6.45, 7) is 3.64. The minimum absolute atomic E-state index is 0.0700. The van der Waals surface area contributed by atoms with Gasteiger partial charge in [-0.05, 0) is 62.9 Å². The summed E-state index contributed by atoms with van der Waals surface area (Å²) in [6.07, 6.45) is 0.441. The first kappa shape index (κ1) is 15.0. The maximum Gasteiger partial charge on any atom is 0.238 e. The lowest BCUT2D eigenvalue weighted by Crippen LogP contribution is -2.32. The van der Waals surface area contributed by atoms with Crippen LogP contribution in [-0.2, 0) is 4.79 Å². The lowest BCUT2D eigenvalue weighted by molar-refractivity contribution is -0.117. The van der Waals surface area contributed by atoms with Crippen LogP contribution >= 0.6 is 31.9 Å². The standard InChI is InChI=1S/C13H16Br2N2O2/c1-8-4-10(14)13(11(15)5-8)16-12(19)7-17-3-2-9(18)6-17/h4-5,9,18H,2-3,6-7H2,1H3,(H,16,19).